The summed E-state index contributed by atoms with van der Waals surface area (Å²) in [7, 11) is 0. The summed E-state index contributed by atoms with van der Waals surface area (Å²) in [5, 5.41) is 25.8. The minimum atomic E-state index is 0.0561. The zero-order valence-corrected chi connectivity index (χ0v) is 17.7. The second-order valence-corrected chi connectivity index (χ2v) is 8.47. The van der Waals surface area contributed by atoms with Crippen molar-refractivity contribution in [3.05, 3.63) is 67.5 Å². The summed E-state index contributed by atoms with van der Waals surface area (Å²) in [5.74, 6) is 0.112. The maximum absolute atomic E-state index is 10.7. The lowest BCUT2D eigenvalue weighted by Crippen LogP contribution is -1.89. The highest BCUT2D eigenvalue weighted by Crippen LogP contribution is 2.48. The fourth-order valence-corrected chi connectivity index (χ4v) is 4.64. The van der Waals surface area contributed by atoms with E-state index in [1.807, 2.05) is 24.3 Å². The molecule has 4 aromatic rings. The number of phenols is 2. The van der Waals surface area contributed by atoms with Crippen molar-refractivity contribution in [1.82, 2.24) is 0 Å². The molecule has 0 amide bonds. The third-order valence-corrected chi connectivity index (χ3v) is 6.09. The normalized spacial score (nSPS) is 11.4. The molecule has 0 aliphatic rings. The molecule has 0 saturated heterocycles. The minimum absolute atomic E-state index is 0.0561. The molecule has 0 bridgehead atoms. The van der Waals surface area contributed by atoms with Gasteiger partial charge in [0.15, 0.2) is 0 Å². The summed E-state index contributed by atoms with van der Waals surface area (Å²) in [6.45, 7) is 0. The molecule has 6 heteroatoms. The maximum atomic E-state index is 10.7. The molecule has 130 valence electrons. The summed E-state index contributed by atoms with van der Waals surface area (Å²) >= 11 is 19.2. The first-order valence-electron chi connectivity index (χ1n) is 7.58. The van der Waals surface area contributed by atoms with Crippen molar-refractivity contribution in [3.63, 3.8) is 0 Å². The van der Waals surface area contributed by atoms with Gasteiger partial charge in [-0.15, -0.1) is 0 Å². The second-order valence-electron chi connectivity index (χ2n) is 5.88. The fourth-order valence-electron chi connectivity index (χ4n) is 3.21. The van der Waals surface area contributed by atoms with Crippen molar-refractivity contribution in [2.24, 2.45) is 0 Å². The lowest BCUT2D eigenvalue weighted by atomic mass is 9.92. The van der Waals surface area contributed by atoms with E-state index in [1.165, 1.54) is 0 Å². The van der Waals surface area contributed by atoms with Gasteiger partial charge in [-0.25, -0.2) is 0 Å². The lowest BCUT2D eigenvalue weighted by Gasteiger charge is -2.16. The van der Waals surface area contributed by atoms with E-state index in [9.17, 15) is 10.2 Å². The van der Waals surface area contributed by atoms with Crippen LogP contribution in [-0.2, 0) is 0 Å². The van der Waals surface area contributed by atoms with Crippen molar-refractivity contribution in [1.29, 1.82) is 0 Å². The quantitative estimate of drug-likeness (QED) is 0.272. The Bertz CT molecular complexity index is 1110. The van der Waals surface area contributed by atoms with Crippen LogP contribution in [-0.4, -0.2) is 10.2 Å². The third kappa shape index (κ3) is 2.85. The molecule has 0 radical (unpaired) electrons. The molecule has 0 unspecified atom stereocenters. The van der Waals surface area contributed by atoms with E-state index < -0.39 is 0 Å². The Hall–Kier alpha value is -1.46. The Morgan fingerprint density at radius 1 is 0.577 bits per heavy atom. The Balaban J connectivity index is 2.21. The van der Waals surface area contributed by atoms with Crippen LogP contribution in [0.3, 0.4) is 0 Å². The van der Waals surface area contributed by atoms with E-state index in [-0.39, 0.29) is 11.5 Å². The largest absolute Gasteiger partial charge is 0.507 e. The predicted molar refractivity (Wildman–Crippen MR) is 116 cm³/mol. The molecule has 0 heterocycles. The first-order chi connectivity index (χ1) is 12.4. The SMILES string of the molecule is Oc1cc(Br)c2cc(Cl)ccc2c1-c1c(O)cc(Br)c2cc(Cl)ccc12. The van der Waals surface area contributed by atoms with E-state index in [0.29, 0.717) is 21.2 Å². The van der Waals surface area contributed by atoms with Crippen LogP contribution < -0.4 is 0 Å². The van der Waals surface area contributed by atoms with Gasteiger partial charge in [0.2, 0.25) is 0 Å². The molecule has 0 aromatic heterocycles. The molecule has 2 N–H and O–H groups in total. The molecule has 2 nitrogen and oxygen atoms in total. The highest BCUT2D eigenvalue weighted by Gasteiger charge is 2.20. The number of hydrogen-bond donors (Lipinski definition) is 2. The predicted octanol–water partition coefficient (Wildman–Crippen LogP) is 7.90. The van der Waals surface area contributed by atoms with Gasteiger partial charge in [0, 0.05) is 30.1 Å². The Morgan fingerprint density at radius 3 is 1.35 bits per heavy atom. The second kappa shape index (κ2) is 6.61. The van der Waals surface area contributed by atoms with Crippen LogP contribution in [0.5, 0.6) is 11.5 Å². The standard InChI is InChI=1S/C20H10Br2Cl2O2/c21-15-7-17(25)19(11-3-1-9(23)5-13(11)15)20-12-4-2-10(24)6-14(12)16(22)8-18(20)26/h1-8,25-26H. The Kier molecular flexibility index (Phi) is 4.56. The first-order valence-corrected chi connectivity index (χ1v) is 9.93. The van der Waals surface area contributed by atoms with Crippen molar-refractivity contribution < 1.29 is 10.2 Å². The van der Waals surface area contributed by atoms with E-state index >= 15 is 0 Å². The number of fused-ring (bicyclic) bond motifs is 2. The average Bonchev–Trinajstić information content (AvgIpc) is 2.58. The smallest absolute Gasteiger partial charge is 0.125 e. The monoisotopic (exact) mass is 510 g/mol. The Morgan fingerprint density at radius 2 is 0.962 bits per heavy atom. The molecule has 4 aromatic carbocycles. The van der Waals surface area contributed by atoms with Gasteiger partial charge >= 0.3 is 0 Å². The van der Waals surface area contributed by atoms with Crippen LogP contribution in [0.4, 0.5) is 0 Å². The van der Waals surface area contributed by atoms with Crippen LogP contribution in [0.1, 0.15) is 0 Å². The summed E-state index contributed by atoms with van der Waals surface area (Å²) in [6, 6.07) is 14.0. The van der Waals surface area contributed by atoms with Gasteiger partial charge < -0.3 is 10.2 Å². The number of aromatic hydroxyl groups is 2. The number of halogens is 4. The summed E-state index contributed by atoms with van der Waals surface area (Å²) < 4.78 is 1.44. The van der Waals surface area contributed by atoms with Gasteiger partial charge in [0.25, 0.3) is 0 Å². The van der Waals surface area contributed by atoms with Crippen molar-refractivity contribution in [3.8, 4) is 22.6 Å². The average molecular weight is 513 g/mol. The van der Waals surface area contributed by atoms with Crippen LogP contribution in [0.2, 0.25) is 10.0 Å². The van der Waals surface area contributed by atoms with Crippen LogP contribution in [0.25, 0.3) is 32.7 Å². The van der Waals surface area contributed by atoms with E-state index in [1.54, 1.807) is 24.3 Å². The Labute approximate surface area is 176 Å². The molecule has 26 heavy (non-hydrogen) atoms. The highest BCUT2D eigenvalue weighted by molar-refractivity contribution is 9.11. The molecule has 0 fully saturated rings. The first kappa shape index (κ1) is 17.9. The van der Waals surface area contributed by atoms with Crippen molar-refractivity contribution >= 4 is 76.6 Å². The molecular formula is C20H10Br2Cl2O2. The van der Waals surface area contributed by atoms with Gasteiger partial charge in [0.05, 0.1) is 0 Å². The molecule has 0 saturated carbocycles. The number of rotatable bonds is 1. The van der Waals surface area contributed by atoms with Gasteiger partial charge in [-0.3, -0.25) is 0 Å². The zero-order chi connectivity index (χ0) is 18.6. The van der Waals surface area contributed by atoms with Gasteiger partial charge in [-0.05, 0) is 57.9 Å². The number of benzene rings is 4. The van der Waals surface area contributed by atoms with Gasteiger partial charge in [-0.1, -0.05) is 67.2 Å². The van der Waals surface area contributed by atoms with E-state index in [4.69, 9.17) is 23.2 Å². The molecule has 0 aliphatic heterocycles. The topological polar surface area (TPSA) is 40.5 Å². The number of hydrogen-bond acceptors (Lipinski definition) is 2. The van der Waals surface area contributed by atoms with Crippen molar-refractivity contribution in [2.75, 3.05) is 0 Å². The van der Waals surface area contributed by atoms with Crippen molar-refractivity contribution in [2.45, 2.75) is 0 Å². The zero-order valence-electron chi connectivity index (χ0n) is 13.0. The highest BCUT2D eigenvalue weighted by atomic mass is 79.9. The van der Waals surface area contributed by atoms with E-state index in [0.717, 1.165) is 30.5 Å². The van der Waals surface area contributed by atoms with Gasteiger partial charge in [-0.2, -0.15) is 0 Å². The third-order valence-electron chi connectivity index (χ3n) is 4.31. The molecular weight excluding hydrogens is 503 g/mol. The maximum Gasteiger partial charge on any atom is 0.125 e. The molecule has 0 spiro atoms. The lowest BCUT2D eigenvalue weighted by molar-refractivity contribution is 0.470. The fraction of sp³-hybridized carbons (Fsp3) is 0. The summed E-state index contributed by atoms with van der Waals surface area (Å²) in [4.78, 5) is 0. The molecule has 0 aliphatic carbocycles. The van der Waals surface area contributed by atoms with Crippen LogP contribution in [0.15, 0.2) is 57.5 Å². The molecule has 0 atom stereocenters. The minimum Gasteiger partial charge on any atom is -0.507 e. The summed E-state index contributed by atoms with van der Waals surface area (Å²) in [6.07, 6.45) is 0. The van der Waals surface area contributed by atoms with Gasteiger partial charge in [0.1, 0.15) is 11.5 Å². The van der Waals surface area contributed by atoms with E-state index in [2.05, 4.69) is 31.9 Å². The molecule has 4 rings (SSSR count). The van der Waals surface area contributed by atoms with Crippen LogP contribution >= 0.6 is 55.1 Å². The summed E-state index contributed by atoms with van der Waals surface area (Å²) in [5.41, 5.74) is 1.08. The van der Waals surface area contributed by atoms with Crippen LogP contribution in [0, 0.1) is 0 Å². The number of phenolic OH excluding ortho intramolecular Hbond substituents is 2.